The van der Waals surface area contributed by atoms with Crippen LogP contribution in [0.3, 0.4) is 0 Å². The second kappa shape index (κ2) is 4.35. The van der Waals surface area contributed by atoms with Crippen LogP contribution in [0.4, 0.5) is 0 Å². The number of nitrogens with zero attached hydrogens (tertiary/aromatic N) is 1. The fourth-order valence-electron chi connectivity index (χ4n) is 2.12. The predicted octanol–water partition coefficient (Wildman–Crippen LogP) is -0.556. The first-order valence-electron chi connectivity index (χ1n) is 5.76. The Hall–Kier alpha value is -1.59. The zero-order valence-electron chi connectivity index (χ0n) is 9.68. The van der Waals surface area contributed by atoms with E-state index in [1.807, 2.05) is 0 Å². The maximum absolute atomic E-state index is 11.8. The van der Waals surface area contributed by atoms with E-state index in [0.717, 1.165) is 12.8 Å². The minimum absolute atomic E-state index is 0.0614. The van der Waals surface area contributed by atoms with E-state index in [2.05, 4.69) is 5.32 Å². The third-order valence-corrected chi connectivity index (χ3v) is 3.37. The zero-order valence-corrected chi connectivity index (χ0v) is 9.68. The first kappa shape index (κ1) is 11.9. The first-order chi connectivity index (χ1) is 7.99. The summed E-state index contributed by atoms with van der Waals surface area (Å²) in [6.45, 7) is 0.377. The number of amides is 2. The smallest absolute Gasteiger partial charge is 0.326 e. The van der Waals surface area contributed by atoms with Crippen LogP contribution < -0.4 is 5.32 Å². The summed E-state index contributed by atoms with van der Waals surface area (Å²) in [4.78, 5) is 35.6. The molecule has 0 radical (unpaired) electrons. The zero-order chi connectivity index (χ0) is 12.6. The van der Waals surface area contributed by atoms with Crippen LogP contribution in [-0.2, 0) is 14.4 Å². The lowest BCUT2D eigenvalue weighted by Crippen LogP contribution is -2.45. The summed E-state index contributed by atoms with van der Waals surface area (Å²) in [6, 6.07) is -0.788. The van der Waals surface area contributed by atoms with Crippen molar-refractivity contribution in [1.29, 1.82) is 0 Å². The molecule has 1 saturated carbocycles. The number of carboxylic acid groups (broad SMARTS) is 1. The number of likely N-dealkylation sites (tertiary alicyclic amines) is 1. The Morgan fingerprint density at radius 3 is 2.53 bits per heavy atom. The van der Waals surface area contributed by atoms with Crippen LogP contribution in [0.5, 0.6) is 0 Å². The van der Waals surface area contributed by atoms with Gasteiger partial charge in [0.2, 0.25) is 11.8 Å². The molecule has 6 nitrogen and oxygen atoms in total. The van der Waals surface area contributed by atoms with E-state index < -0.39 is 17.9 Å². The van der Waals surface area contributed by atoms with Crippen LogP contribution in [0.15, 0.2) is 0 Å². The van der Waals surface area contributed by atoms with Crippen molar-refractivity contribution >= 4 is 17.8 Å². The van der Waals surface area contributed by atoms with Crippen LogP contribution in [0.2, 0.25) is 0 Å². The SMILES string of the molecule is CN1CC(C(=O)NC(C(=O)O)C2CC2)CC1=O. The number of carboxylic acids is 1. The molecule has 0 bridgehead atoms. The van der Waals surface area contributed by atoms with Gasteiger partial charge in [0, 0.05) is 20.0 Å². The number of hydrogen-bond donors (Lipinski definition) is 2. The van der Waals surface area contributed by atoms with Crippen LogP contribution in [-0.4, -0.2) is 47.4 Å². The number of aliphatic carboxylic acids is 1. The fraction of sp³-hybridized carbons (Fsp3) is 0.727. The number of carbonyl (C=O) groups excluding carboxylic acids is 2. The molecule has 1 saturated heterocycles. The molecule has 1 heterocycles. The van der Waals surface area contributed by atoms with Gasteiger partial charge in [-0.3, -0.25) is 9.59 Å². The van der Waals surface area contributed by atoms with Gasteiger partial charge in [-0.15, -0.1) is 0 Å². The lowest BCUT2D eigenvalue weighted by molar-refractivity contribution is -0.143. The molecule has 2 fully saturated rings. The molecule has 1 aliphatic carbocycles. The van der Waals surface area contributed by atoms with Gasteiger partial charge in [-0.05, 0) is 18.8 Å². The largest absolute Gasteiger partial charge is 0.480 e. The van der Waals surface area contributed by atoms with Gasteiger partial charge in [0.1, 0.15) is 6.04 Å². The fourth-order valence-corrected chi connectivity index (χ4v) is 2.12. The summed E-state index contributed by atoms with van der Waals surface area (Å²) in [6.07, 6.45) is 1.88. The normalized spacial score (nSPS) is 25.8. The molecule has 2 amide bonds. The standard InChI is InChI=1S/C11H16N2O4/c1-13-5-7(4-8(13)14)10(15)12-9(11(16)17)6-2-3-6/h6-7,9H,2-5H2,1H3,(H,12,15)(H,16,17). The van der Waals surface area contributed by atoms with E-state index in [4.69, 9.17) is 5.11 Å². The van der Waals surface area contributed by atoms with Crippen molar-refractivity contribution in [3.05, 3.63) is 0 Å². The van der Waals surface area contributed by atoms with Crippen molar-refractivity contribution in [1.82, 2.24) is 10.2 Å². The monoisotopic (exact) mass is 240 g/mol. The van der Waals surface area contributed by atoms with Crippen molar-refractivity contribution in [2.75, 3.05) is 13.6 Å². The molecule has 0 aromatic carbocycles. The molecule has 1 aliphatic heterocycles. The molecule has 0 aromatic heterocycles. The number of rotatable bonds is 4. The average Bonchev–Trinajstić information content (AvgIpc) is 3.02. The molecule has 2 unspecified atom stereocenters. The van der Waals surface area contributed by atoms with E-state index in [9.17, 15) is 14.4 Å². The van der Waals surface area contributed by atoms with Gasteiger partial charge in [-0.25, -0.2) is 4.79 Å². The molecule has 2 rings (SSSR count). The summed E-state index contributed by atoms with van der Waals surface area (Å²) in [5.41, 5.74) is 0. The third-order valence-electron chi connectivity index (χ3n) is 3.37. The van der Waals surface area contributed by atoms with E-state index in [-0.39, 0.29) is 24.2 Å². The molecule has 94 valence electrons. The highest BCUT2D eigenvalue weighted by Crippen LogP contribution is 2.33. The Morgan fingerprint density at radius 2 is 2.12 bits per heavy atom. The molecular weight excluding hydrogens is 224 g/mol. The Kier molecular flexibility index (Phi) is 3.04. The highest BCUT2D eigenvalue weighted by Gasteiger charge is 2.40. The molecule has 17 heavy (non-hydrogen) atoms. The van der Waals surface area contributed by atoms with Crippen molar-refractivity contribution in [3.8, 4) is 0 Å². The third kappa shape index (κ3) is 2.57. The molecular formula is C11H16N2O4. The second-order valence-corrected chi connectivity index (χ2v) is 4.84. The van der Waals surface area contributed by atoms with Crippen LogP contribution >= 0.6 is 0 Å². The number of carbonyl (C=O) groups is 3. The van der Waals surface area contributed by atoms with Crippen molar-refractivity contribution < 1.29 is 19.5 Å². The summed E-state index contributed by atoms with van der Waals surface area (Å²) >= 11 is 0. The Morgan fingerprint density at radius 1 is 1.47 bits per heavy atom. The molecule has 2 N–H and O–H groups in total. The van der Waals surface area contributed by atoms with Crippen molar-refractivity contribution in [2.45, 2.75) is 25.3 Å². The summed E-state index contributed by atoms with van der Waals surface area (Å²) < 4.78 is 0. The first-order valence-corrected chi connectivity index (χ1v) is 5.76. The van der Waals surface area contributed by atoms with Gasteiger partial charge < -0.3 is 15.3 Å². The molecule has 2 aliphatic rings. The van der Waals surface area contributed by atoms with Crippen LogP contribution in [0.1, 0.15) is 19.3 Å². The number of hydrogen-bond acceptors (Lipinski definition) is 3. The van der Waals surface area contributed by atoms with E-state index in [0.29, 0.717) is 6.54 Å². The van der Waals surface area contributed by atoms with Gasteiger partial charge in [0.25, 0.3) is 0 Å². The van der Waals surface area contributed by atoms with Crippen molar-refractivity contribution in [3.63, 3.8) is 0 Å². The summed E-state index contributed by atoms with van der Waals surface area (Å²) in [7, 11) is 1.64. The molecule has 6 heteroatoms. The predicted molar refractivity (Wildman–Crippen MR) is 58.0 cm³/mol. The Bertz CT molecular complexity index is 364. The van der Waals surface area contributed by atoms with E-state index in [1.165, 1.54) is 4.90 Å². The Labute approximate surface area is 99.0 Å². The lowest BCUT2D eigenvalue weighted by atomic mass is 10.1. The van der Waals surface area contributed by atoms with Gasteiger partial charge in [0.05, 0.1) is 5.92 Å². The topological polar surface area (TPSA) is 86.7 Å². The van der Waals surface area contributed by atoms with Gasteiger partial charge in [-0.2, -0.15) is 0 Å². The minimum atomic E-state index is -0.987. The van der Waals surface area contributed by atoms with Crippen LogP contribution in [0, 0.1) is 11.8 Å². The summed E-state index contributed by atoms with van der Waals surface area (Å²) in [5, 5.41) is 11.5. The quantitative estimate of drug-likeness (QED) is 0.690. The second-order valence-electron chi connectivity index (χ2n) is 4.84. The maximum atomic E-state index is 11.8. The minimum Gasteiger partial charge on any atom is -0.480 e. The van der Waals surface area contributed by atoms with Gasteiger partial charge in [0.15, 0.2) is 0 Å². The summed E-state index contributed by atoms with van der Waals surface area (Å²) in [5.74, 6) is -1.72. The van der Waals surface area contributed by atoms with Crippen molar-refractivity contribution in [2.24, 2.45) is 11.8 Å². The average molecular weight is 240 g/mol. The highest BCUT2D eigenvalue weighted by atomic mass is 16.4. The Balaban J connectivity index is 1.92. The highest BCUT2D eigenvalue weighted by molar-refractivity contribution is 5.91. The van der Waals surface area contributed by atoms with E-state index >= 15 is 0 Å². The van der Waals surface area contributed by atoms with E-state index in [1.54, 1.807) is 7.05 Å². The maximum Gasteiger partial charge on any atom is 0.326 e. The molecule has 0 aromatic rings. The van der Waals surface area contributed by atoms with Gasteiger partial charge in [-0.1, -0.05) is 0 Å². The molecule has 2 atom stereocenters. The van der Waals surface area contributed by atoms with Gasteiger partial charge >= 0.3 is 5.97 Å². The lowest BCUT2D eigenvalue weighted by Gasteiger charge is -2.16. The number of nitrogens with one attached hydrogen (secondary N) is 1. The van der Waals surface area contributed by atoms with Crippen LogP contribution in [0.25, 0.3) is 0 Å². The molecule has 0 spiro atoms.